The third-order valence-electron chi connectivity index (χ3n) is 2.31. The van der Waals surface area contributed by atoms with Crippen molar-refractivity contribution in [2.75, 3.05) is 24.6 Å². The smallest absolute Gasteiger partial charge is 0.259 e. The van der Waals surface area contributed by atoms with E-state index in [4.69, 9.17) is 0 Å². The number of carbonyl (C=O) groups excluding carboxylic acids is 1. The van der Waals surface area contributed by atoms with E-state index in [2.05, 4.69) is 9.68 Å². The molecule has 1 N–H and O–H groups in total. The van der Waals surface area contributed by atoms with Gasteiger partial charge in [0.2, 0.25) is 0 Å². The zero-order valence-corrected chi connectivity index (χ0v) is 10.5. The normalized spacial score (nSPS) is 28.2. The summed E-state index contributed by atoms with van der Waals surface area (Å²) in [6.07, 6.45) is 0.833. The highest BCUT2D eigenvalue weighted by atomic mass is 32.2. The van der Waals surface area contributed by atoms with E-state index in [0.717, 1.165) is 13.0 Å². The summed E-state index contributed by atoms with van der Waals surface area (Å²) in [6, 6.07) is 0. The highest BCUT2D eigenvalue weighted by Gasteiger charge is 2.24. The van der Waals surface area contributed by atoms with E-state index < -0.39 is 15.1 Å². The molecule has 1 fully saturated rings. The van der Waals surface area contributed by atoms with Crippen LogP contribution in [0.3, 0.4) is 0 Å². The Morgan fingerprint density at radius 2 is 1.93 bits per heavy atom. The molecule has 1 saturated heterocycles. The Hall–Kier alpha value is -0.420. The second-order valence-corrected chi connectivity index (χ2v) is 7.47. The minimum atomic E-state index is -2.30. The molecule has 88 valence electrons. The van der Waals surface area contributed by atoms with Gasteiger partial charge in [-0.3, -0.25) is 4.79 Å². The molecule has 0 bridgehead atoms. The van der Waals surface area contributed by atoms with Crippen LogP contribution in [-0.4, -0.2) is 34.7 Å². The lowest BCUT2D eigenvalue weighted by Crippen LogP contribution is -2.23. The molecule has 0 radical (unpaired) electrons. The minimum absolute atomic E-state index is 0.241. The van der Waals surface area contributed by atoms with Crippen molar-refractivity contribution in [3.8, 4) is 0 Å². The zero-order valence-electron chi connectivity index (χ0n) is 9.71. The molecule has 0 spiro atoms. The van der Waals surface area contributed by atoms with E-state index in [0.29, 0.717) is 18.1 Å². The van der Waals surface area contributed by atoms with Crippen molar-refractivity contribution in [3.05, 3.63) is 0 Å². The van der Waals surface area contributed by atoms with E-state index in [1.165, 1.54) is 0 Å². The SMILES string of the molecule is CC(C)(C)C(=O)N=S1(=O)CCCNCC1. The molecule has 0 aromatic rings. The average molecular weight is 232 g/mol. The van der Waals surface area contributed by atoms with Crippen molar-refractivity contribution >= 4 is 15.6 Å². The average Bonchev–Trinajstić information content (AvgIpc) is 2.28. The van der Waals surface area contributed by atoms with Gasteiger partial charge in [-0.15, -0.1) is 0 Å². The quantitative estimate of drug-likeness (QED) is 0.678. The maximum absolute atomic E-state index is 12.3. The number of carbonyl (C=O) groups is 1. The van der Waals surface area contributed by atoms with Crippen LogP contribution in [0, 0.1) is 5.41 Å². The van der Waals surface area contributed by atoms with E-state index >= 15 is 0 Å². The number of amides is 1. The lowest BCUT2D eigenvalue weighted by atomic mass is 9.96. The Bertz CT molecular complexity index is 335. The molecule has 1 heterocycles. The van der Waals surface area contributed by atoms with Crippen LogP contribution < -0.4 is 5.32 Å². The van der Waals surface area contributed by atoms with Gasteiger partial charge < -0.3 is 5.32 Å². The minimum Gasteiger partial charge on any atom is -0.316 e. The van der Waals surface area contributed by atoms with Crippen LogP contribution in [0.25, 0.3) is 0 Å². The molecule has 1 aliphatic rings. The lowest BCUT2D eigenvalue weighted by Gasteiger charge is -2.14. The van der Waals surface area contributed by atoms with E-state index in [9.17, 15) is 9.00 Å². The maximum Gasteiger partial charge on any atom is 0.259 e. The van der Waals surface area contributed by atoms with E-state index in [1.54, 1.807) is 20.8 Å². The van der Waals surface area contributed by atoms with Gasteiger partial charge in [0, 0.05) is 23.5 Å². The molecule has 1 atom stereocenters. The molecule has 4 nitrogen and oxygen atoms in total. The summed E-state index contributed by atoms with van der Waals surface area (Å²) in [6.45, 7) is 6.97. The Kier molecular flexibility index (Phi) is 3.89. The Morgan fingerprint density at radius 3 is 2.53 bits per heavy atom. The van der Waals surface area contributed by atoms with Gasteiger partial charge >= 0.3 is 0 Å². The van der Waals surface area contributed by atoms with Gasteiger partial charge in [0.1, 0.15) is 0 Å². The van der Waals surface area contributed by atoms with Crippen LogP contribution in [0.1, 0.15) is 27.2 Å². The topological polar surface area (TPSA) is 58.5 Å². The van der Waals surface area contributed by atoms with Gasteiger partial charge in [0.05, 0.1) is 9.73 Å². The Labute approximate surface area is 92.0 Å². The molecule has 1 unspecified atom stereocenters. The maximum atomic E-state index is 12.3. The molecular formula is C10H20N2O2S. The summed E-state index contributed by atoms with van der Waals surface area (Å²) in [5.74, 6) is 0.797. The standard InChI is InChI=1S/C10H20N2O2S/c1-10(2,3)9(13)12-15(14)7-4-5-11-6-8-15/h11H,4-8H2,1-3H3. The van der Waals surface area contributed by atoms with E-state index in [-0.39, 0.29) is 5.91 Å². The van der Waals surface area contributed by atoms with Gasteiger partial charge in [0.25, 0.3) is 5.91 Å². The number of rotatable bonds is 0. The summed E-state index contributed by atoms with van der Waals surface area (Å²) < 4.78 is 16.2. The van der Waals surface area contributed by atoms with Gasteiger partial charge in [-0.1, -0.05) is 20.8 Å². The molecule has 1 aliphatic heterocycles. The van der Waals surface area contributed by atoms with Crippen LogP contribution >= 0.6 is 0 Å². The third-order valence-corrected chi connectivity index (χ3v) is 4.57. The van der Waals surface area contributed by atoms with Crippen LogP contribution in [0.15, 0.2) is 4.36 Å². The third kappa shape index (κ3) is 3.91. The summed E-state index contributed by atoms with van der Waals surface area (Å²) >= 11 is 0. The summed E-state index contributed by atoms with van der Waals surface area (Å²) in [5, 5.41) is 3.16. The molecule has 0 saturated carbocycles. The van der Waals surface area contributed by atoms with Crippen molar-refractivity contribution in [3.63, 3.8) is 0 Å². The fraction of sp³-hybridized carbons (Fsp3) is 0.900. The fourth-order valence-electron chi connectivity index (χ4n) is 1.26. The molecule has 15 heavy (non-hydrogen) atoms. The summed E-state index contributed by atoms with van der Waals surface area (Å²) in [5.41, 5.74) is -0.524. The second kappa shape index (κ2) is 4.61. The van der Waals surface area contributed by atoms with Crippen molar-refractivity contribution < 1.29 is 9.00 Å². The van der Waals surface area contributed by atoms with Crippen molar-refractivity contribution in [2.45, 2.75) is 27.2 Å². The first-order chi connectivity index (χ1) is 6.83. The molecule has 1 amide bonds. The molecule has 5 heteroatoms. The first-order valence-corrected chi connectivity index (χ1v) is 7.16. The number of nitrogens with zero attached hydrogens (tertiary/aromatic N) is 1. The fourth-order valence-corrected chi connectivity index (χ4v) is 3.28. The molecule has 1 rings (SSSR count). The number of hydrogen-bond donors (Lipinski definition) is 1. The summed E-state index contributed by atoms with van der Waals surface area (Å²) in [4.78, 5) is 11.7. The van der Waals surface area contributed by atoms with E-state index in [1.807, 2.05) is 0 Å². The van der Waals surface area contributed by atoms with Gasteiger partial charge in [0.15, 0.2) is 0 Å². The largest absolute Gasteiger partial charge is 0.316 e. The summed E-state index contributed by atoms with van der Waals surface area (Å²) in [7, 11) is -2.30. The molecule has 0 aliphatic carbocycles. The van der Waals surface area contributed by atoms with Gasteiger partial charge in [-0.25, -0.2) is 4.21 Å². The van der Waals surface area contributed by atoms with Crippen molar-refractivity contribution in [1.82, 2.24) is 5.32 Å². The highest BCUT2D eigenvalue weighted by molar-refractivity contribution is 7.93. The predicted molar refractivity (Wildman–Crippen MR) is 62.3 cm³/mol. The van der Waals surface area contributed by atoms with Crippen LogP contribution in [0.5, 0.6) is 0 Å². The predicted octanol–water partition coefficient (Wildman–Crippen LogP) is 1.02. The Morgan fingerprint density at radius 1 is 1.27 bits per heavy atom. The first-order valence-electron chi connectivity index (χ1n) is 5.31. The number of nitrogens with one attached hydrogen (secondary N) is 1. The lowest BCUT2D eigenvalue weighted by molar-refractivity contribution is -0.124. The van der Waals surface area contributed by atoms with Crippen LogP contribution in [0.2, 0.25) is 0 Å². The molecular weight excluding hydrogens is 212 g/mol. The van der Waals surface area contributed by atoms with Crippen molar-refractivity contribution in [1.29, 1.82) is 0 Å². The van der Waals surface area contributed by atoms with Gasteiger partial charge in [-0.2, -0.15) is 4.36 Å². The molecule has 0 aromatic heterocycles. The second-order valence-electron chi connectivity index (χ2n) is 4.93. The Balaban J connectivity index is 2.88. The zero-order chi connectivity index (χ0) is 11.5. The van der Waals surface area contributed by atoms with Gasteiger partial charge in [-0.05, 0) is 13.0 Å². The number of hydrogen-bond acceptors (Lipinski definition) is 3. The monoisotopic (exact) mass is 232 g/mol. The highest BCUT2D eigenvalue weighted by Crippen LogP contribution is 2.17. The van der Waals surface area contributed by atoms with Crippen LogP contribution in [-0.2, 0) is 14.5 Å². The molecule has 0 aromatic carbocycles. The van der Waals surface area contributed by atoms with Crippen molar-refractivity contribution in [2.24, 2.45) is 9.78 Å². The first kappa shape index (κ1) is 12.6. The van der Waals surface area contributed by atoms with Crippen LogP contribution in [0.4, 0.5) is 0 Å².